The second-order valence-corrected chi connectivity index (χ2v) is 13.7. The first kappa shape index (κ1) is 32.6. The largest absolute Gasteiger partial charge is 0.497 e. The molecule has 0 bridgehead atoms. The molecule has 6 aromatic rings. The van der Waals surface area contributed by atoms with Crippen LogP contribution < -0.4 is 14.4 Å². The standard InChI is InChI=1S/C37H32ClN5O4S/c1-24-15-34-31(16-27(24)17-39)33(23-43(34)28-9-14-36(41-18-28)48(4,44)45)32-19-40-20-35(37(32)38)42(21-25-5-10-29(46-2)11-6-25)22-26-7-12-30(47-3)13-8-26/h5-16,18-20,23H,21-22H2,1-4H3. The number of hydrogen-bond donors (Lipinski definition) is 0. The molecule has 9 nitrogen and oxygen atoms in total. The van der Waals surface area contributed by atoms with Crippen LogP contribution in [-0.2, 0) is 22.9 Å². The number of pyridine rings is 2. The number of nitrogens with zero attached hydrogens (tertiary/aromatic N) is 5. The maximum Gasteiger partial charge on any atom is 0.192 e. The van der Waals surface area contributed by atoms with E-state index in [0.717, 1.165) is 56.6 Å². The van der Waals surface area contributed by atoms with Gasteiger partial charge in [-0.15, -0.1) is 0 Å². The summed E-state index contributed by atoms with van der Waals surface area (Å²) in [6, 6.07) is 25.1. The Labute approximate surface area is 284 Å². The number of benzene rings is 3. The number of methoxy groups -OCH3 is 2. The smallest absolute Gasteiger partial charge is 0.192 e. The van der Waals surface area contributed by atoms with Crippen molar-refractivity contribution >= 4 is 38.0 Å². The van der Waals surface area contributed by atoms with Crippen LogP contribution in [0.4, 0.5) is 5.69 Å². The lowest BCUT2D eigenvalue weighted by Gasteiger charge is -2.27. The Hall–Kier alpha value is -5.37. The molecule has 0 atom stereocenters. The van der Waals surface area contributed by atoms with Crippen molar-refractivity contribution in [2.75, 3.05) is 25.4 Å². The lowest BCUT2D eigenvalue weighted by Crippen LogP contribution is -2.22. The highest BCUT2D eigenvalue weighted by atomic mass is 35.5. The van der Waals surface area contributed by atoms with Crippen molar-refractivity contribution in [3.63, 3.8) is 0 Å². The second kappa shape index (κ2) is 13.4. The third-order valence-corrected chi connectivity index (χ3v) is 9.61. The van der Waals surface area contributed by atoms with Crippen LogP contribution in [0.25, 0.3) is 27.7 Å². The highest BCUT2D eigenvalue weighted by molar-refractivity contribution is 7.90. The molecule has 48 heavy (non-hydrogen) atoms. The number of fused-ring (bicyclic) bond motifs is 1. The van der Waals surface area contributed by atoms with Gasteiger partial charge in [0.05, 0.1) is 60.2 Å². The Bertz CT molecular complexity index is 2210. The number of ether oxygens (including phenoxy) is 2. The van der Waals surface area contributed by atoms with Crippen molar-refractivity contribution in [3.05, 3.63) is 125 Å². The number of anilines is 1. The van der Waals surface area contributed by atoms with Gasteiger partial charge in [-0.05, 0) is 72.1 Å². The molecule has 0 radical (unpaired) electrons. The monoisotopic (exact) mass is 677 g/mol. The van der Waals surface area contributed by atoms with Crippen LogP contribution in [0.5, 0.6) is 11.5 Å². The maximum atomic E-state index is 12.1. The van der Waals surface area contributed by atoms with E-state index >= 15 is 0 Å². The molecule has 0 aliphatic carbocycles. The normalized spacial score (nSPS) is 11.3. The summed E-state index contributed by atoms with van der Waals surface area (Å²) in [5, 5.41) is 11.2. The van der Waals surface area contributed by atoms with Crippen LogP contribution in [0.15, 0.2) is 103 Å². The highest BCUT2D eigenvalue weighted by Gasteiger charge is 2.21. The summed E-state index contributed by atoms with van der Waals surface area (Å²) in [5.41, 5.74) is 7.10. The van der Waals surface area contributed by atoms with Crippen LogP contribution in [0.2, 0.25) is 5.02 Å². The number of hydrogen-bond acceptors (Lipinski definition) is 8. The van der Waals surface area contributed by atoms with Crippen LogP contribution in [0.3, 0.4) is 0 Å². The van der Waals surface area contributed by atoms with Crippen molar-refractivity contribution in [3.8, 4) is 34.4 Å². The number of nitriles is 1. The number of sulfone groups is 1. The van der Waals surface area contributed by atoms with Gasteiger partial charge in [-0.2, -0.15) is 5.26 Å². The van der Waals surface area contributed by atoms with Crippen LogP contribution in [0, 0.1) is 18.3 Å². The zero-order valence-corrected chi connectivity index (χ0v) is 28.4. The third-order valence-electron chi connectivity index (χ3n) is 8.21. The zero-order chi connectivity index (χ0) is 34.0. The van der Waals surface area contributed by atoms with Gasteiger partial charge in [-0.1, -0.05) is 35.9 Å². The topological polar surface area (TPSA) is 110 Å². The van der Waals surface area contributed by atoms with Gasteiger partial charge < -0.3 is 18.9 Å². The molecule has 0 spiro atoms. The van der Waals surface area contributed by atoms with E-state index in [1.165, 1.54) is 12.3 Å². The first-order chi connectivity index (χ1) is 23.1. The fourth-order valence-electron chi connectivity index (χ4n) is 5.63. The lowest BCUT2D eigenvalue weighted by atomic mass is 10.0. The van der Waals surface area contributed by atoms with Crippen molar-refractivity contribution in [1.29, 1.82) is 5.26 Å². The molecular weight excluding hydrogens is 646 g/mol. The summed E-state index contributed by atoms with van der Waals surface area (Å²) in [5.74, 6) is 1.54. The first-order valence-corrected chi connectivity index (χ1v) is 17.2. The molecular formula is C37H32ClN5O4S. The zero-order valence-electron chi connectivity index (χ0n) is 26.8. The molecule has 0 saturated heterocycles. The Morgan fingerprint density at radius 1 is 0.875 bits per heavy atom. The Balaban J connectivity index is 1.49. The Morgan fingerprint density at radius 3 is 2.02 bits per heavy atom. The molecule has 0 saturated carbocycles. The molecule has 11 heteroatoms. The predicted molar refractivity (Wildman–Crippen MR) is 188 cm³/mol. The van der Waals surface area contributed by atoms with Crippen molar-refractivity contribution in [1.82, 2.24) is 14.5 Å². The minimum atomic E-state index is -3.47. The predicted octanol–water partition coefficient (Wildman–Crippen LogP) is 7.55. The molecule has 242 valence electrons. The van der Waals surface area contributed by atoms with Gasteiger partial charge in [0.2, 0.25) is 0 Å². The Morgan fingerprint density at radius 2 is 1.50 bits per heavy atom. The molecule has 0 aliphatic heterocycles. The molecule has 0 aliphatic rings. The van der Waals surface area contributed by atoms with E-state index in [1.807, 2.05) is 78.4 Å². The summed E-state index contributed by atoms with van der Waals surface area (Å²) in [7, 11) is -0.188. The molecule has 3 aromatic heterocycles. The lowest BCUT2D eigenvalue weighted by molar-refractivity contribution is 0.414. The fraction of sp³-hybridized carbons (Fsp3) is 0.162. The number of aryl methyl sites for hydroxylation is 1. The molecule has 3 aromatic carbocycles. The van der Waals surface area contributed by atoms with Crippen LogP contribution in [0.1, 0.15) is 22.3 Å². The average molecular weight is 678 g/mol. The van der Waals surface area contributed by atoms with Gasteiger partial charge in [-0.25, -0.2) is 13.4 Å². The summed E-state index contributed by atoms with van der Waals surface area (Å²) in [6.45, 7) is 2.96. The number of aromatic nitrogens is 3. The van der Waals surface area contributed by atoms with Gasteiger partial charge in [0.15, 0.2) is 14.9 Å². The number of rotatable bonds is 10. The molecule has 0 amide bonds. The minimum absolute atomic E-state index is 0.0142. The molecule has 0 fully saturated rings. The number of halogens is 1. The minimum Gasteiger partial charge on any atom is -0.497 e. The molecule has 6 rings (SSSR count). The second-order valence-electron chi connectivity index (χ2n) is 11.4. The van der Waals surface area contributed by atoms with Gasteiger partial charge in [0, 0.05) is 48.3 Å². The van der Waals surface area contributed by atoms with Crippen LogP contribution >= 0.6 is 11.6 Å². The molecule has 0 unspecified atom stereocenters. The van der Waals surface area contributed by atoms with E-state index in [-0.39, 0.29) is 5.03 Å². The average Bonchev–Trinajstić information content (AvgIpc) is 3.45. The van der Waals surface area contributed by atoms with Gasteiger partial charge >= 0.3 is 0 Å². The van der Waals surface area contributed by atoms with Gasteiger partial charge in [0.1, 0.15) is 11.5 Å². The highest BCUT2D eigenvalue weighted by Crippen LogP contribution is 2.41. The van der Waals surface area contributed by atoms with E-state index < -0.39 is 9.84 Å². The van der Waals surface area contributed by atoms with Crippen molar-refractivity contribution < 1.29 is 17.9 Å². The van der Waals surface area contributed by atoms with Crippen molar-refractivity contribution in [2.24, 2.45) is 0 Å². The summed E-state index contributed by atoms with van der Waals surface area (Å²) in [4.78, 5) is 11.0. The summed E-state index contributed by atoms with van der Waals surface area (Å²) >= 11 is 7.32. The van der Waals surface area contributed by atoms with E-state index in [0.29, 0.717) is 34.9 Å². The van der Waals surface area contributed by atoms with Crippen LogP contribution in [-0.4, -0.2) is 43.4 Å². The van der Waals surface area contributed by atoms with E-state index in [2.05, 4.69) is 20.9 Å². The quantitative estimate of drug-likeness (QED) is 0.146. The van der Waals surface area contributed by atoms with Crippen molar-refractivity contribution in [2.45, 2.75) is 25.0 Å². The Kier molecular flexibility index (Phi) is 9.09. The van der Waals surface area contributed by atoms with Gasteiger partial charge in [0.25, 0.3) is 0 Å². The summed E-state index contributed by atoms with van der Waals surface area (Å²) < 4.78 is 36.8. The first-order valence-electron chi connectivity index (χ1n) is 15.0. The van der Waals surface area contributed by atoms with E-state index in [9.17, 15) is 13.7 Å². The SMILES string of the molecule is COc1ccc(CN(Cc2ccc(OC)cc2)c2cncc(-c3cn(-c4ccc(S(C)(=O)=O)nc4)c4cc(C)c(C#N)cc34)c2Cl)cc1. The molecule has 3 heterocycles. The molecule has 0 N–H and O–H groups in total. The fourth-order valence-corrected chi connectivity index (χ4v) is 6.51. The van der Waals surface area contributed by atoms with E-state index in [1.54, 1.807) is 32.7 Å². The van der Waals surface area contributed by atoms with Gasteiger partial charge in [-0.3, -0.25) is 4.98 Å². The van der Waals surface area contributed by atoms with E-state index in [4.69, 9.17) is 21.1 Å². The maximum absolute atomic E-state index is 12.1. The third kappa shape index (κ3) is 6.56. The summed E-state index contributed by atoms with van der Waals surface area (Å²) in [6.07, 6.45) is 8.05.